The summed E-state index contributed by atoms with van der Waals surface area (Å²) in [5, 5.41) is 11.2. The van der Waals surface area contributed by atoms with E-state index in [4.69, 9.17) is 9.84 Å². The summed E-state index contributed by atoms with van der Waals surface area (Å²) in [5.41, 5.74) is -0.205. The number of carboxylic acids is 1. The molecule has 1 unspecified atom stereocenters. The number of carbonyl (C=O) groups is 2. The highest BCUT2D eigenvalue weighted by atomic mass is 19.1. The van der Waals surface area contributed by atoms with Crippen molar-refractivity contribution in [2.75, 3.05) is 11.9 Å². The molecule has 1 atom stereocenters. The average Bonchev–Trinajstić information content (AvgIpc) is 2.81. The lowest BCUT2D eigenvalue weighted by Gasteiger charge is -2.10. The van der Waals surface area contributed by atoms with Crippen LogP contribution in [0.25, 0.3) is 0 Å². The second kappa shape index (κ2) is 5.14. The van der Waals surface area contributed by atoms with E-state index in [1.165, 1.54) is 6.07 Å². The largest absolute Gasteiger partial charge is 0.478 e. The molecule has 96 valence electrons. The maximum atomic E-state index is 13.4. The Kier molecular flexibility index (Phi) is 3.57. The molecule has 1 aromatic carbocycles. The number of carbonyl (C=O) groups excluding carboxylic acids is 1. The van der Waals surface area contributed by atoms with Gasteiger partial charge in [-0.1, -0.05) is 0 Å². The van der Waals surface area contributed by atoms with E-state index in [-0.39, 0.29) is 11.6 Å². The molecule has 0 bridgehead atoms. The minimum atomic E-state index is -1.34. The molecule has 1 amide bonds. The monoisotopic (exact) mass is 253 g/mol. The summed E-state index contributed by atoms with van der Waals surface area (Å²) in [6.07, 6.45) is 0.957. The van der Waals surface area contributed by atoms with Gasteiger partial charge in [-0.25, -0.2) is 9.18 Å². The summed E-state index contributed by atoms with van der Waals surface area (Å²) >= 11 is 0. The first-order valence-electron chi connectivity index (χ1n) is 5.53. The Bertz CT molecular complexity index is 483. The van der Waals surface area contributed by atoms with Gasteiger partial charge < -0.3 is 15.2 Å². The van der Waals surface area contributed by atoms with Crippen LogP contribution in [-0.4, -0.2) is 29.7 Å². The van der Waals surface area contributed by atoms with Crippen LogP contribution in [0.5, 0.6) is 0 Å². The molecule has 0 saturated carbocycles. The first-order chi connectivity index (χ1) is 8.58. The van der Waals surface area contributed by atoms with Gasteiger partial charge in [0, 0.05) is 12.3 Å². The molecule has 0 spiro atoms. The lowest BCUT2D eigenvalue weighted by atomic mass is 10.2. The molecule has 2 N–H and O–H groups in total. The van der Waals surface area contributed by atoms with Gasteiger partial charge in [0.15, 0.2) is 0 Å². The molecule has 5 nitrogen and oxygen atoms in total. The molecular weight excluding hydrogens is 241 g/mol. The number of benzene rings is 1. The number of hydrogen-bond donors (Lipinski definition) is 2. The fraction of sp³-hybridized carbons (Fsp3) is 0.333. The van der Waals surface area contributed by atoms with Crippen LogP contribution in [0.2, 0.25) is 0 Å². The Balaban J connectivity index is 2.07. The lowest BCUT2D eigenvalue weighted by molar-refractivity contribution is -0.124. The van der Waals surface area contributed by atoms with Crippen LogP contribution in [0, 0.1) is 5.82 Å². The van der Waals surface area contributed by atoms with Gasteiger partial charge in [-0.15, -0.1) is 0 Å². The summed E-state index contributed by atoms with van der Waals surface area (Å²) in [7, 11) is 0. The third-order valence-electron chi connectivity index (χ3n) is 2.69. The van der Waals surface area contributed by atoms with Gasteiger partial charge in [-0.3, -0.25) is 4.79 Å². The fourth-order valence-electron chi connectivity index (χ4n) is 1.77. The van der Waals surface area contributed by atoms with Crippen LogP contribution in [-0.2, 0) is 9.53 Å². The number of hydrogen-bond acceptors (Lipinski definition) is 3. The second-order valence-corrected chi connectivity index (χ2v) is 3.99. The van der Waals surface area contributed by atoms with E-state index in [0.717, 1.165) is 18.6 Å². The maximum absolute atomic E-state index is 13.4. The molecule has 18 heavy (non-hydrogen) atoms. The lowest BCUT2D eigenvalue weighted by Crippen LogP contribution is -2.26. The molecule has 1 aliphatic heterocycles. The highest BCUT2D eigenvalue weighted by Gasteiger charge is 2.23. The zero-order valence-corrected chi connectivity index (χ0v) is 9.48. The normalized spacial score (nSPS) is 18.6. The van der Waals surface area contributed by atoms with Gasteiger partial charge in [-0.05, 0) is 31.0 Å². The first-order valence-corrected chi connectivity index (χ1v) is 5.53. The third kappa shape index (κ3) is 2.65. The molecule has 1 aliphatic rings. The fourth-order valence-corrected chi connectivity index (χ4v) is 1.77. The summed E-state index contributed by atoms with van der Waals surface area (Å²) in [5.74, 6) is -2.56. The predicted molar refractivity (Wildman–Crippen MR) is 61.0 cm³/mol. The van der Waals surface area contributed by atoms with Crippen LogP contribution in [0.1, 0.15) is 23.2 Å². The van der Waals surface area contributed by atoms with Crippen molar-refractivity contribution in [3.63, 3.8) is 0 Å². The van der Waals surface area contributed by atoms with Crippen LogP contribution in [0.4, 0.5) is 10.1 Å². The van der Waals surface area contributed by atoms with Crippen molar-refractivity contribution >= 4 is 17.6 Å². The molecule has 1 heterocycles. The Morgan fingerprint density at radius 1 is 1.44 bits per heavy atom. The van der Waals surface area contributed by atoms with Crippen molar-refractivity contribution in [3.8, 4) is 0 Å². The van der Waals surface area contributed by atoms with Crippen molar-refractivity contribution in [2.24, 2.45) is 0 Å². The third-order valence-corrected chi connectivity index (χ3v) is 2.69. The van der Waals surface area contributed by atoms with Crippen LogP contribution < -0.4 is 5.32 Å². The minimum absolute atomic E-state index is 0.220. The van der Waals surface area contributed by atoms with E-state index in [9.17, 15) is 14.0 Å². The molecule has 2 rings (SSSR count). The van der Waals surface area contributed by atoms with Crippen molar-refractivity contribution in [2.45, 2.75) is 18.9 Å². The van der Waals surface area contributed by atoms with E-state index in [0.29, 0.717) is 13.0 Å². The summed E-state index contributed by atoms with van der Waals surface area (Å²) in [6.45, 7) is 0.546. The Labute approximate surface area is 103 Å². The average molecular weight is 253 g/mol. The Morgan fingerprint density at radius 3 is 2.78 bits per heavy atom. The topological polar surface area (TPSA) is 75.6 Å². The summed E-state index contributed by atoms with van der Waals surface area (Å²) in [4.78, 5) is 22.3. The first kappa shape index (κ1) is 12.5. The highest BCUT2D eigenvalue weighted by molar-refractivity contribution is 5.95. The second-order valence-electron chi connectivity index (χ2n) is 3.99. The van der Waals surface area contributed by atoms with E-state index in [1.807, 2.05) is 0 Å². The molecular formula is C12H12FNO4. The summed E-state index contributed by atoms with van der Waals surface area (Å²) in [6, 6.07) is 3.44. The molecule has 1 saturated heterocycles. The molecule has 1 fully saturated rings. The van der Waals surface area contributed by atoms with Gasteiger partial charge in [0.2, 0.25) is 0 Å². The van der Waals surface area contributed by atoms with Gasteiger partial charge in [0.05, 0.1) is 5.56 Å². The minimum Gasteiger partial charge on any atom is -0.478 e. The molecule has 6 heteroatoms. The van der Waals surface area contributed by atoms with Crippen LogP contribution in [0.3, 0.4) is 0 Å². The molecule has 0 aliphatic carbocycles. The molecule has 0 radical (unpaired) electrons. The number of anilines is 1. The zero-order chi connectivity index (χ0) is 13.1. The van der Waals surface area contributed by atoms with Gasteiger partial charge >= 0.3 is 5.97 Å². The number of carboxylic acid groups (broad SMARTS) is 1. The van der Waals surface area contributed by atoms with E-state index >= 15 is 0 Å². The Morgan fingerprint density at radius 2 is 2.22 bits per heavy atom. The van der Waals surface area contributed by atoms with Gasteiger partial charge in [-0.2, -0.15) is 0 Å². The molecule has 1 aromatic rings. The number of halogens is 1. The zero-order valence-electron chi connectivity index (χ0n) is 9.48. The number of amides is 1. The number of aromatic carboxylic acids is 1. The van der Waals surface area contributed by atoms with Crippen molar-refractivity contribution in [1.29, 1.82) is 0 Å². The number of ether oxygens (including phenoxy) is 1. The van der Waals surface area contributed by atoms with Crippen LogP contribution in [0.15, 0.2) is 18.2 Å². The smallest absolute Gasteiger partial charge is 0.338 e. The SMILES string of the molecule is O=C(O)c1ccc(NC(=O)C2CCCO2)cc1F. The van der Waals surface area contributed by atoms with E-state index in [1.54, 1.807) is 0 Å². The quantitative estimate of drug-likeness (QED) is 0.858. The Hall–Kier alpha value is -1.95. The number of rotatable bonds is 3. The predicted octanol–water partition coefficient (Wildman–Crippen LogP) is 1.64. The van der Waals surface area contributed by atoms with E-state index in [2.05, 4.69) is 5.32 Å². The van der Waals surface area contributed by atoms with Crippen molar-refractivity contribution in [1.82, 2.24) is 0 Å². The standard InChI is InChI=1S/C12H12FNO4/c13-9-6-7(3-4-8(9)12(16)17)14-11(15)10-2-1-5-18-10/h3-4,6,10H,1-2,5H2,(H,14,15)(H,16,17). The van der Waals surface area contributed by atoms with Gasteiger partial charge in [0.1, 0.15) is 11.9 Å². The van der Waals surface area contributed by atoms with Crippen LogP contribution >= 0.6 is 0 Å². The molecule has 0 aromatic heterocycles. The van der Waals surface area contributed by atoms with E-state index < -0.39 is 23.5 Å². The highest BCUT2D eigenvalue weighted by Crippen LogP contribution is 2.17. The maximum Gasteiger partial charge on any atom is 0.338 e. The summed E-state index contributed by atoms with van der Waals surface area (Å²) < 4.78 is 18.5. The number of nitrogens with one attached hydrogen (secondary N) is 1. The van der Waals surface area contributed by atoms with Crippen molar-refractivity contribution in [3.05, 3.63) is 29.6 Å². The van der Waals surface area contributed by atoms with Crippen molar-refractivity contribution < 1.29 is 23.8 Å². The van der Waals surface area contributed by atoms with Gasteiger partial charge in [0.25, 0.3) is 5.91 Å².